The number of ketones is 1. The largest absolute Gasteiger partial charge is 0.507 e. The maximum Gasteiger partial charge on any atom is 0.295 e. The van der Waals surface area contributed by atoms with Crippen molar-refractivity contribution in [3.63, 3.8) is 0 Å². The van der Waals surface area contributed by atoms with Crippen molar-refractivity contribution in [3.8, 4) is 17.2 Å². The first-order chi connectivity index (χ1) is 18.5. The van der Waals surface area contributed by atoms with E-state index in [9.17, 15) is 14.7 Å². The molecule has 204 valence electrons. The minimum absolute atomic E-state index is 0.0233. The molecule has 2 fully saturated rings. The second-order valence-corrected chi connectivity index (χ2v) is 9.26. The number of morpholine rings is 1. The van der Waals surface area contributed by atoms with Gasteiger partial charge < -0.3 is 29.0 Å². The molecule has 0 aromatic heterocycles. The normalized spacial score (nSPS) is 19.6. The number of ether oxygens (including phenoxy) is 4. The quantitative estimate of drug-likeness (QED) is 0.270. The molecule has 2 heterocycles. The van der Waals surface area contributed by atoms with Gasteiger partial charge in [-0.2, -0.15) is 0 Å². The average Bonchev–Trinajstić information content (AvgIpc) is 3.21. The van der Waals surface area contributed by atoms with Gasteiger partial charge in [-0.1, -0.05) is 19.1 Å². The summed E-state index contributed by atoms with van der Waals surface area (Å²) in [6.45, 7) is 6.76. The van der Waals surface area contributed by atoms with Crippen LogP contribution in [0.1, 0.15) is 36.9 Å². The summed E-state index contributed by atoms with van der Waals surface area (Å²) in [6.07, 6.45) is 1.54. The van der Waals surface area contributed by atoms with Crippen LogP contribution < -0.4 is 14.2 Å². The Morgan fingerprint density at radius 2 is 1.76 bits per heavy atom. The molecule has 0 radical (unpaired) electrons. The van der Waals surface area contributed by atoms with Gasteiger partial charge in [-0.05, 0) is 43.2 Å². The number of aliphatic hydroxyl groups excluding tert-OH is 1. The van der Waals surface area contributed by atoms with Crippen LogP contribution in [0.2, 0.25) is 0 Å². The number of hydrogen-bond donors (Lipinski definition) is 1. The van der Waals surface area contributed by atoms with Gasteiger partial charge in [-0.15, -0.1) is 0 Å². The van der Waals surface area contributed by atoms with E-state index < -0.39 is 17.7 Å². The van der Waals surface area contributed by atoms with Crippen molar-refractivity contribution in [1.29, 1.82) is 0 Å². The Kier molecular flexibility index (Phi) is 9.25. The molecule has 0 aliphatic carbocycles. The van der Waals surface area contributed by atoms with Crippen LogP contribution in [0.5, 0.6) is 17.2 Å². The Labute approximate surface area is 223 Å². The molecule has 1 atom stereocenters. The second kappa shape index (κ2) is 12.8. The third kappa shape index (κ3) is 5.79. The van der Waals surface area contributed by atoms with E-state index in [1.165, 1.54) is 19.1 Å². The van der Waals surface area contributed by atoms with Gasteiger partial charge in [-0.25, -0.2) is 0 Å². The van der Waals surface area contributed by atoms with Crippen molar-refractivity contribution < 1.29 is 33.6 Å². The second-order valence-electron chi connectivity index (χ2n) is 9.26. The lowest BCUT2D eigenvalue weighted by atomic mass is 9.94. The smallest absolute Gasteiger partial charge is 0.295 e. The summed E-state index contributed by atoms with van der Waals surface area (Å²) in [4.78, 5) is 30.6. The molecule has 2 aromatic rings. The summed E-state index contributed by atoms with van der Waals surface area (Å²) in [7, 11) is 3.05. The maximum absolute atomic E-state index is 13.4. The van der Waals surface area contributed by atoms with Crippen molar-refractivity contribution in [3.05, 3.63) is 59.2 Å². The standard InChI is InChI=1S/C29H36N2O7/c1-4-17-38-21-11-9-20(10-12-21)26(32)24-25(22-7-5-8-23(35-2)28(22)36-3)31(29(34)27(24)33)14-6-13-30-15-18-37-19-16-30/h5,7-12,25,32H,4,6,13-19H2,1-3H3/t25-/m1/s1. The first-order valence-electron chi connectivity index (χ1n) is 13.0. The first-order valence-corrected chi connectivity index (χ1v) is 13.0. The zero-order valence-corrected chi connectivity index (χ0v) is 22.3. The molecule has 0 unspecified atom stereocenters. The minimum atomic E-state index is -0.833. The van der Waals surface area contributed by atoms with Crippen LogP contribution in [0.25, 0.3) is 5.76 Å². The van der Waals surface area contributed by atoms with Crippen molar-refractivity contribution >= 4 is 17.4 Å². The van der Waals surface area contributed by atoms with E-state index in [4.69, 9.17) is 18.9 Å². The lowest BCUT2D eigenvalue weighted by molar-refractivity contribution is -0.140. The molecule has 9 heteroatoms. The zero-order chi connectivity index (χ0) is 27.1. The fraction of sp³-hybridized carbons (Fsp3) is 0.448. The average molecular weight is 525 g/mol. The van der Waals surface area contributed by atoms with E-state index in [1.807, 2.05) is 6.92 Å². The van der Waals surface area contributed by atoms with Gasteiger partial charge in [0.2, 0.25) is 0 Å². The number of para-hydroxylation sites is 1. The highest BCUT2D eigenvalue weighted by Crippen LogP contribution is 2.45. The van der Waals surface area contributed by atoms with Gasteiger partial charge in [0.1, 0.15) is 11.5 Å². The monoisotopic (exact) mass is 524 g/mol. The van der Waals surface area contributed by atoms with Gasteiger partial charge in [0.25, 0.3) is 11.7 Å². The number of hydrogen-bond acceptors (Lipinski definition) is 8. The fourth-order valence-corrected chi connectivity index (χ4v) is 4.94. The van der Waals surface area contributed by atoms with E-state index in [1.54, 1.807) is 42.5 Å². The molecule has 0 saturated carbocycles. The molecule has 9 nitrogen and oxygen atoms in total. The summed E-state index contributed by atoms with van der Waals surface area (Å²) < 4.78 is 22.2. The van der Waals surface area contributed by atoms with Crippen LogP contribution in [-0.4, -0.2) is 86.8 Å². The van der Waals surface area contributed by atoms with Gasteiger partial charge >= 0.3 is 0 Å². The van der Waals surface area contributed by atoms with E-state index in [-0.39, 0.29) is 11.3 Å². The molecular weight excluding hydrogens is 488 g/mol. The minimum Gasteiger partial charge on any atom is -0.507 e. The number of Topliss-reactive ketones (excluding diaryl/α,β-unsaturated/α-hetero) is 1. The molecule has 2 aliphatic heterocycles. The topological polar surface area (TPSA) is 97.8 Å². The Morgan fingerprint density at radius 1 is 1.03 bits per heavy atom. The summed E-state index contributed by atoms with van der Waals surface area (Å²) in [5, 5.41) is 11.4. The lowest BCUT2D eigenvalue weighted by Crippen LogP contribution is -2.39. The number of benzene rings is 2. The van der Waals surface area contributed by atoms with E-state index in [2.05, 4.69) is 4.90 Å². The van der Waals surface area contributed by atoms with Crippen molar-refractivity contribution in [2.24, 2.45) is 0 Å². The predicted octanol–water partition coefficient (Wildman–Crippen LogP) is 3.64. The Balaban J connectivity index is 1.72. The molecule has 4 rings (SSSR count). The summed E-state index contributed by atoms with van der Waals surface area (Å²) in [5.74, 6) is -0.0640. The molecule has 1 amide bonds. The number of methoxy groups -OCH3 is 2. The highest BCUT2D eigenvalue weighted by molar-refractivity contribution is 6.46. The van der Waals surface area contributed by atoms with Gasteiger partial charge in [-0.3, -0.25) is 14.5 Å². The van der Waals surface area contributed by atoms with Crippen LogP contribution >= 0.6 is 0 Å². The van der Waals surface area contributed by atoms with Crippen LogP contribution in [0.4, 0.5) is 0 Å². The third-order valence-corrected chi connectivity index (χ3v) is 6.85. The van der Waals surface area contributed by atoms with Gasteiger partial charge in [0.05, 0.1) is 45.7 Å². The first kappa shape index (κ1) is 27.5. The Hall–Kier alpha value is -3.56. The molecular formula is C29H36N2O7. The number of rotatable bonds is 11. The van der Waals surface area contributed by atoms with E-state index in [0.29, 0.717) is 61.2 Å². The molecule has 2 aromatic carbocycles. The number of carbonyl (C=O) groups excluding carboxylic acids is 2. The predicted molar refractivity (Wildman–Crippen MR) is 143 cm³/mol. The molecule has 2 saturated heterocycles. The van der Waals surface area contributed by atoms with Gasteiger partial charge in [0.15, 0.2) is 11.5 Å². The number of likely N-dealkylation sites (tertiary alicyclic amines) is 1. The van der Waals surface area contributed by atoms with E-state index >= 15 is 0 Å². The Bertz CT molecular complexity index is 1160. The van der Waals surface area contributed by atoms with Crippen LogP contribution in [0, 0.1) is 0 Å². The van der Waals surface area contributed by atoms with Crippen molar-refractivity contribution in [2.45, 2.75) is 25.8 Å². The fourth-order valence-electron chi connectivity index (χ4n) is 4.94. The summed E-state index contributed by atoms with van der Waals surface area (Å²) >= 11 is 0. The number of amides is 1. The highest BCUT2D eigenvalue weighted by Gasteiger charge is 2.47. The third-order valence-electron chi connectivity index (χ3n) is 6.85. The summed E-state index contributed by atoms with van der Waals surface area (Å²) in [6, 6.07) is 11.3. The molecule has 1 N–H and O–H groups in total. The SMILES string of the molecule is CCCOc1ccc(C(O)=C2C(=O)C(=O)N(CCCN3CCOCC3)[C@@H]2c2cccc(OC)c2OC)cc1. The van der Waals surface area contributed by atoms with Gasteiger partial charge in [0, 0.05) is 37.3 Å². The summed E-state index contributed by atoms with van der Waals surface area (Å²) in [5.41, 5.74) is 1.02. The number of aliphatic hydroxyl groups is 1. The molecule has 0 spiro atoms. The molecule has 38 heavy (non-hydrogen) atoms. The van der Waals surface area contributed by atoms with Crippen LogP contribution in [-0.2, 0) is 14.3 Å². The lowest BCUT2D eigenvalue weighted by Gasteiger charge is -2.30. The number of nitrogens with zero attached hydrogens (tertiary/aromatic N) is 2. The highest BCUT2D eigenvalue weighted by atomic mass is 16.5. The van der Waals surface area contributed by atoms with Crippen LogP contribution in [0.3, 0.4) is 0 Å². The Morgan fingerprint density at radius 3 is 2.42 bits per heavy atom. The van der Waals surface area contributed by atoms with Crippen LogP contribution in [0.15, 0.2) is 48.0 Å². The molecule has 2 aliphatic rings. The van der Waals surface area contributed by atoms with Crippen molar-refractivity contribution in [2.75, 3.05) is 60.2 Å². The zero-order valence-electron chi connectivity index (χ0n) is 22.3. The van der Waals surface area contributed by atoms with Crippen molar-refractivity contribution in [1.82, 2.24) is 9.80 Å². The van der Waals surface area contributed by atoms with E-state index in [0.717, 1.165) is 26.1 Å². The molecule has 0 bridgehead atoms. The maximum atomic E-state index is 13.4. The number of carbonyl (C=O) groups is 2.